The Morgan fingerprint density at radius 1 is 1.23 bits per heavy atom. The van der Waals surface area contributed by atoms with Crippen LogP contribution < -0.4 is 5.56 Å². The van der Waals surface area contributed by atoms with Gasteiger partial charge in [-0.3, -0.25) is 9.59 Å². The molecule has 0 unspecified atom stereocenters. The van der Waals surface area contributed by atoms with Gasteiger partial charge in [-0.1, -0.05) is 0 Å². The molecular weight excluding hydrogens is 353 g/mol. The van der Waals surface area contributed by atoms with Crippen molar-refractivity contribution in [2.75, 3.05) is 6.61 Å². The van der Waals surface area contributed by atoms with E-state index in [2.05, 4.69) is 4.98 Å². The number of rotatable bonds is 5. The first kappa shape index (κ1) is 19.5. The number of ether oxygens (including phenoxy) is 1. The van der Waals surface area contributed by atoms with E-state index < -0.39 is 35.6 Å². The maximum Gasteiger partial charge on any atom is 0.417 e. The molecule has 0 atom stereocenters. The quantitative estimate of drug-likeness (QED) is 0.648. The molecule has 0 aliphatic carbocycles. The maximum absolute atomic E-state index is 12.8. The van der Waals surface area contributed by atoms with Crippen LogP contribution in [0.1, 0.15) is 44.6 Å². The van der Waals surface area contributed by atoms with E-state index in [9.17, 15) is 27.6 Å². The molecule has 2 aromatic rings. The van der Waals surface area contributed by atoms with E-state index >= 15 is 0 Å². The smallest absolute Gasteiger partial charge is 0.417 e. The van der Waals surface area contributed by atoms with E-state index in [4.69, 9.17) is 4.74 Å². The zero-order valence-corrected chi connectivity index (χ0v) is 14.4. The third-order valence-corrected chi connectivity index (χ3v) is 3.82. The standard InChI is InChI=1S/C17H17F3N2O4/c1-4-26-16(25)15-9(2)14(10(3)21-15)12(23)8-22-7-11(17(18,19)20)5-6-13(22)24/h5-7,21H,4,8H2,1-3H3. The summed E-state index contributed by atoms with van der Waals surface area (Å²) in [5.41, 5.74) is -0.814. The molecule has 9 heteroatoms. The Bertz CT molecular complexity index is 910. The fraction of sp³-hybridized carbons (Fsp3) is 0.353. The minimum atomic E-state index is -4.63. The number of ketones is 1. The van der Waals surface area contributed by atoms with Gasteiger partial charge in [0, 0.05) is 23.5 Å². The second-order valence-corrected chi connectivity index (χ2v) is 5.65. The number of esters is 1. The lowest BCUT2D eigenvalue weighted by atomic mass is 10.1. The van der Waals surface area contributed by atoms with Crippen LogP contribution in [0, 0.1) is 13.8 Å². The highest BCUT2D eigenvalue weighted by atomic mass is 19.4. The summed E-state index contributed by atoms with van der Waals surface area (Å²) in [7, 11) is 0. The number of Topliss-reactive ketones (excluding diaryl/α,β-unsaturated/α-hetero) is 1. The molecule has 1 N–H and O–H groups in total. The van der Waals surface area contributed by atoms with Gasteiger partial charge in [-0.2, -0.15) is 13.2 Å². The number of aromatic nitrogens is 2. The van der Waals surface area contributed by atoms with Crippen molar-refractivity contribution in [3.05, 3.63) is 56.8 Å². The normalized spacial score (nSPS) is 11.5. The SMILES string of the molecule is CCOC(=O)c1[nH]c(C)c(C(=O)Cn2cc(C(F)(F)F)ccc2=O)c1C. The number of aryl methyl sites for hydroxylation is 1. The van der Waals surface area contributed by atoms with E-state index in [1.165, 1.54) is 6.92 Å². The molecule has 0 bridgehead atoms. The van der Waals surface area contributed by atoms with E-state index in [1.54, 1.807) is 13.8 Å². The molecule has 6 nitrogen and oxygen atoms in total. The van der Waals surface area contributed by atoms with Crippen LogP contribution in [0.4, 0.5) is 13.2 Å². The van der Waals surface area contributed by atoms with Crippen LogP contribution in [0.15, 0.2) is 23.1 Å². The number of H-pyrrole nitrogens is 1. The molecule has 0 saturated heterocycles. The summed E-state index contributed by atoms with van der Waals surface area (Å²) in [4.78, 5) is 39.0. The number of hydrogen-bond acceptors (Lipinski definition) is 4. The molecule has 2 aromatic heterocycles. The van der Waals surface area contributed by atoms with Crippen LogP contribution >= 0.6 is 0 Å². The Hall–Kier alpha value is -2.84. The molecule has 2 heterocycles. The van der Waals surface area contributed by atoms with Crippen molar-refractivity contribution in [3.8, 4) is 0 Å². The molecule has 0 aromatic carbocycles. The Morgan fingerprint density at radius 2 is 1.88 bits per heavy atom. The van der Waals surface area contributed by atoms with Crippen LogP contribution in [0.3, 0.4) is 0 Å². The summed E-state index contributed by atoms with van der Waals surface area (Å²) < 4.78 is 44.0. The number of alkyl halides is 3. The predicted octanol–water partition coefficient (Wildman–Crippen LogP) is 2.87. The first-order chi connectivity index (χ1) is 12.1. The summed E-state index contributed by atoms with van der Waals surface area (Å²) in [5, 5.41) is 0. The van der Waals surface area contributed by atoms with Crippen molar-refractivity contribution in [1.29, 1.82) is 0 Å². The highest BCUT2D eigenvalue weighted by Crippen LogP contribution is 2.28. The number of nitrogens with zero attached hydrogens (tertiary/aromatic N) is 1. The minimum absolute atomic E-state index is 0.101. The van der Waals surface area contributed by atoms with Crippen LogP contribution in [0.5, 0.6) is 0 Å². The summed E-state index contributed by atoms with van der Waals surface area (Å²) in [6, 6.07) is 1.42. The van der Waals surface area contributed by atoms with Crippen LogP contribution in [-0.4, -0.2) is 27.9 Å². The Balaban J connectivity index is 2.37. The van der Waals surface area contributed by atoms with Gasteiger partial charge in [0.1, 0.15) is 5.69 Å². The average Bonchev–Trinajstić information content (AvgIpc) is 2.83. The van der Waals surface area contributed by atoms with E-state index in [1.807, 2.05) is 0 Å². The monoisotopic (exact) mass is 370 g/mol. The fourth-order valence-corrected chi connectivity index (χ4v) is 2.63. The number of halogens is 3. The number of carbonyl (C=O) groups is 2. The molecule has 0 amide bonds. The molecule has 0 aliphatic heterocycles. The maximum atomic E-state index is 12.8. The largest absolute Gasteiger partial charge is 0.461 e. The number of hydrogen-bond donors (Lipinski definition) is 1. The lowest BCUT2D eigenvalue weighted by Gasteiger charge is -2.10. The van der Waals surface area contributed by atoms with Crippen molar-refractivity contribution in [3.63, 3.8) is 0 Å². The summed E-state index contributed by atoms with van der Waals surface area (Å²) in [5.74, 6) is -1.23. The first-order valence-corrected chi connectivity index (χ1v) is 7.73. The highest BCUT2D eigenvalue weighted by molar-refractivity contribution is 6.02. The van der Waals surface area contributed by atoms with Crippen LogP contribution in [0.2, 0.25) is 0 Å². The van der Waals surface area contributed by atoms with Gasteiger partial charge in [0.2, 0.25) is 0 Å². The van der Waals surface area contributed by atoms with Gasteiger partial charge >= 0.3 is 12.1 Å². The topological polar surface area (TPSA) is 81.2 Å². The van der Waals surface area contributed by atoms with E-state index in [-0.39, 0.29) is 17.9 Å². The Morgan fingerprint density at radius 3 is 2.46 bits per heavy atom. The van der Waals surface area contributed by atoms with E-state index in [0.29, 0.717) is 28.1 Å². The van der Waals surface area contributed by atoms with Crippen molar-refractivity contribution in [2.24, 2.45) is 0 Å². The van der Waals surface area contributed by atoms with Crippen LogP contribution in [-0.2, 0) is 17.5 Å². The van der Waals surface area contributed by atoms with Gasteiger partial charge < -0.3 is 14.3 Å². The van der Waals surface area contributed by atoms with Crippen molar-refractivity contribution >= 4 is 11.8 Å². The second-order valence-electron chi connectivity index (χ2n) is 5.65. The lowest BCUT2D eigenvalue weighted by molar-refractivity contribution is -0.138. The third kappa shape index (κ3) is 3.87. The summed E-state index contributed by atoms with van der Waals surface area (Å²) in [6.45, 7) is 4.29. The molecule has 2 rings (SSSR count). The van der Waals surface area contributed by atoms with E-state index in [0.717, 1.165) is 6.07 Å². The fourth-order valence-electron chi connectivity index (χ4n) is 2.63. The number of pyridine rings is 1. The third-order valence-electron chi connectivity index (χ3n) is 3.82. The predicted molar refractivity (Wildman–Crippen MR) is 86.3 cm³/mol. The summed E-state index contributed by atoms with van der Waals surface area (Å²) >= 11 is 0. The minimum Gasteiger partial charge on any atom is -0.461 e. The van der Waals surface area contributed by atoms with Crippen molar-refractivity contribution < 1.29 is 27.5 Å². The molecule has 0 radical (unpaired) electrons. The molecule has 140 valence electrons. The number of nitrogens with one attached hydrogen (secondary N) is 1. The van der Waals surface area contributed by atoms with Gasteiger partial charge in [0.15, 0.2) is 5.78 Å². The number of carbonyl (C=O) groups excluding carboxylic acids is 2. The van der Waals surface area contributed by atoms with Gasteiger partial charge in [0.25, 0.3) is 5.56 Å². The molecular formula is C17H17F3N2O4. The van der Waals surface area contributed by atoms with Crippen molar-refractivity contribution in [1.82, 2.24) is 9.55 Å². The van der Waals surface area contributed by atoms with Gasteiger partial charge in [0.05, 0.1) is 18.7 Å². The zero-order chi connectivity index (χ0) is 19.6. The lowest BCUT2D eigenvalue weighted by Crippen LogP contribution is -2.25. The summed E-state index contributed by atoms with van der Waals surface area (Å²) in [6.07, 6.45) is -4.03. The highest BCUT2D eigenvalue weighted by Gasteiger charge is 2.31. The van der Waals surface area contributed by atoms with Crippen molar-refractivity contribution in [2.45, 2.75) is 33.5 Å². The zero-order valence-electron chi connectivity index (χ0n) is 14.4. The van der Waals surface area contributed by atoms with Gasteiger partial charge in [-0.25, -0.2) is 4.79 Å². The average molecular weight is 370 g/mol. The molecule has 0 saturated carbocycles. The molecule has 0 spiro atoms. The first-order valence-electron chi connectivity index (χ1n) is 7.73. The van der Waals surface area contributed by atoms with Gasteiger partial charge in [-0.15, -0.1) is 0 Å². The molecule has 0 aliphatic rings. The molecule has 0 fully saturated rings. The van der Waals surface area contributed by atoms with Crippen LogP contribution in [0.25, 0.3) is 0 Å². The molecule has 26 heavy (non-hydrogen) atoms. The number of aromatic amines is 1. The van der Waals surface area contributed by atoms with Gasteiger partial charge in [-0.05, 0) is 32.4 Å². The Kier molecular flexibility index (Phi) is 5.38. The Labute approximate surface area is 146 Å². The second kappa shape index (κ2) is 7.19.